The minimum atomic E-state index is -0.514. The Hall–Kier alpha value is -3.45. The van der Waals surface area contributed by atoms with Gasteiger partial charge in [0.25, 0.3) is 0 Å². The van der Waals surface area contributed by atoms with E-state index in [0.29, 0.717) is 78.0 Å². The van der Waals surface area contributed by atoms with Crippen molar-refractivity contribution in [1.82, 2.24) is 14.9 Å². The quantitative estimate of drug-likeness (QED) is 0.187. The van der Waals surface area contributed by atoms with Crippen molar-refractivity contribution in [1.29, 1.82) is 0 Å². The van der Waals surface area contributed by atoms with E-state index in [1.165, 1.54) is 18.5 Å². The molecular weight excluding hydrogens is 633 g/mol. The summed E-state index contributed by atoms with van der Waals surface area (Å²) in [4.78, 5) is 36.1. The molecule has 1 unspecified atom stereocenters. The number of rotatable bonds is 11. The lowest BCUT2D eigenvalue weighted by Crippen LogP contribution is -2.35. The number of piperidine rings is 1. The molecule has 13 heteroatoms. The zero-order valence-corrected chi connectivity index (χ0v) is 27.0. The highest BCUT2D eigenvalue weighted by atomic mass is 35.5. The highest BCUT2D eigenvalue weighted by Crippen LogP contribution is 2.35. The summed E-state index contributed by atoms with van der Waals surface area (Å²) in [5.74, 6) is 0.468. The number of ether oxygens (including phenoxy) is 3. The number of aromatic nitrogens is 2. The van der Waals surface area contributed by atoms with Gasteiger partial charge in [0.2, 0.25) is 5.91 Å². The van der Waals surface area contributed by atoms with E-state index < -0.39 is 5.82 Å². The predicted molar refractivity (Wildman–Crippen MR) is 177 cm³/mol. The van der Waals surface area contributed by atoms with Crippen molar-refractivity contribution in [2.75, 3.05) is 56.7 Å². The fraction of sp³-hybridized carbons (Fsp3) is 0.455. The first-order valence-corrected chi connectivity index (χ1v) is 17.0. The number of nitrogens with one attached hydrogen (secondary N) is 2. The van der Waals surface area contributed by atoms with Gasteiger partial charge in [-0.2, -0.15) is 0 Å². The van der Waals surface area contributed by atoms with Crippen LogP contribution < -0.4 is 15.4 Å². The topological polar surface area (TPSA) is 115 Å². The number of likely N-dealkylation sites (tertiary alicyclic amines) is 1. The summed E-state index contributed by atoms with van der Waals surface area (Å²) in [5, 5.41) is 7.24. The van der Waals surface area contributed by atoms with Gasteiger partial charge >= 0.3 is 5.97 Å². The van der Waals surface area contributed by atoms with Crippen LogP contribution in [0.5, 0.6) is 5.75 Å². The molecule has 6 rings (SSSR count). The van der Waals surface area contributed by atoms with Crippen molar-refractivity contribution in [3.8, 4) is 5.75 Å². The molecule has 1 amide bonds. The van der Waals surface area contributed by atoms with Gasteiger partial charge < -0.3 is 24.8 Å². The number of esters is 1. The van der Waals surface area contributed by atoms with Crippen LogP contribution in [0.15, 0.2) is 48.8 Å². The van der Waals surface area contributed by atoms with Crippen LogP contribution in [0.25, 0.3) is 10.9 Å². The van der Waals surface area contributed by atoms with E-state index in [-0.39, 0.29) is 22.1 Å². The summed E-state index contributed by atoms with van der Waals surface area (Å²) >= 11 is 7.74. The molecule has 46 heavy (non-hydrogen) atoms. The predicted octanol–water partition coefficient (Wildman–Crippen LogP) is 5.98. The average Bonchev–Trinajstić information content (AvgIpc) is 3.47. The van der Waals surface area contributed by atoms with E-state index in [4.69, 9.17) is 25.8 Å². The normalized spacial score (nSPS) is 19.9. The summed E-state index contributed by atoms with van der Waals surface area (Å²) in [6.07, 6.45) is 9.48. The number of carbonyl (C=O) groups is 2. The third kappa shape index (κ3) is 8.47. The SMILES string of the molecule is O=C(C=CCN1CCC(SC2CCOC2=O)CC1)Nc1cc2c(Nc3ccc(F)c(Cl)c3)ncnc2cc1OCC1CCOCC1. The number of thioether (sulfide) groups is 1. The summed E-state index contributed by atoms with van der Waals surface area (Å²) in [7, 11) is 0. The zero-order valence-electron chi connectivity index (χ0n) is 25.4. The first-order valence-electron chi connectivity index (χ1n) is 15.6. The first kappa shape index (κ1) is 32.5. The van der Waals surface area contributed by atoms with Crippen LogP contribution in [-0.4, -0.2) is 83.3 Å². The summed E-state index contributed by atoms with van der Waals surface area (Å²) < 4.78 is 30.6. The molecule has 0 aliphatic carbocycles. The van der Waals surface area contributed by atoms with Crippen molar-refractivity contribution in [2.45, 2.75) is 42.6 Å². The number of carbonyl (C=O) groups excluding carboxylic acids is 2. The number of hydrogen-bond acceptors (Lipinski definition) is 10. The van der Waals surface area contributed by atoms with E-state index in [2.05, 4.69) is 25.5 Å². The smallest absolute Gasteiger partial charge is 0.319 e. The Morgan fingerprint density at radius 2 is 1.93 bits per heavy atom. The molecule has 3 aliphatic heterocycles. The van der Waals surface area contributed by atoms with Crippen molar-refractivity contribution in [3.05, 3.63) is 59.7 Å². The van der Waals surface area contributed by atoms with E-state index in [1.54, 1.807) is 36.0 Å². The van der Waals surface area contributed by atoms with Gasteiger partial charge in [0, 0.05) is 54.6 Å². The lowest BCUT2D eigenvalue weighted by Gasteiger charge is -2.31. The molecule has 10 nitrogen and oxygen atoms in total. The molecule has 0 saturated carbocycles. The highest BCUT2D eigenvalue weighted by Gasteiger charge is 2.31. The van der Waals surface area contributed by atoms with Gasteiger partial charge in [-0.05, 0) is 69.0 Å². The Morgan fingerprint density at radius 3 is 2.70 bits per heavy atom. The van der Waals surface area contributed by atoms with Crippen molar-refractivity contribution in [3.63, 3.8) is 0 Å². The number of fused-ring (bicyclic) bond motifs is 1. The summed E-state index contributed by atoms with van der Waals surface area (Å²) in [6, 6.07) is 7.92. The number of cyclic esters (lactones) is 1. The fourth-order valence-electron chi connectivity index (χ4n) is 5.78. The molecule has 3 fully saturated rings. The molecule has 2 N–H and O–H groups in total. The van der Waals surface area contributed by atoms with Crippen LogP contribution in [0.4, 0.5) is 21.6 Å². The standard InChI is InChI=1S/C33H37ClFN5O5S/c34-25-16-22(3-4-26(25)35)38-32-24-17-28(29(18-27(24)36-20-37-32)45-19-21-7-13-43-14-8-21)39-31(41)2-1-10-40-11-5-23(6-12-40)46-30-9-15-44-33(30)42/h1-4,16-18,20-21,23,30H,5-15,19H2,(H,39,41)(H,36,37,38). The maximum absolute atomic E-state index is 13.7. The maximum Gasteiger partial charge on any atom is 0.319 e. The molecule has 4 heterocycles. The molecule has 3 aliphatic rings. The van der Waals surface area contributed by atoms with Gasteiger partial charge in [-0.1, -0.05) is 17.7 Å². The fourth-order valence-corrected chi connectivity index (χ4v) is 7.32. The Morgan fingerprint density at radius 1 is 1.11 bits per heavy atom. The van der Waals surface area contributed by atoms with Crippen molar-refractivity contribution < 1.29 is 28.2 Å². The van der Waals surface area contributed by atoms with E-state index in [1.807, 2.05) is 6.08 Å². The lowest BCUT2D eigenvalue weighted by atomic mass is 10.0. The third-order valence-electron chi connectivity index (χ3n) is 8.40. The molecular formula is C33H37ClFN5O5S. The van der Waals surface area contributed by atoms with Crippen LogP contribution in [0.3, 0.4) is 0 Å². The van der Waals surface area contributed by atoms with Crippen LogP contribution in [0.2, 0.25) is 5.02 Å². The second-order valence-electron chi connectivity index (χ2n) is 11.7. The first-order chi connectivity index (χ1) is 22.4. The summed E-state index contributed by atoms with van der Waals surface area (Å²) in [5.41, 5.74) is 1.67. The van der Waals surface area contributed by atoms with Gasteiger partial charge in [0.1, 0.15) is 29.0 Å². The molecule has 0 bridgehead atoms. The highest BCUT2D eigenvalue weighted by molar-refractivity contribution is 8.01. The monoisotopic (exact) mass is 669 g/mol. The maximum atomic E-state index is 13.7. The molecule has 3 saturated heterocycles. The Labute approximate surface area is 276 Å². The Kier molecular flexibility index (Phi) is 10.9. The number of amides is 1. The molecule has 3 aromatic rings. The van der Waals surface area contributed by atoms with Gasteiger partial charge in [-0.15, -0.1) is 11.8 Å². The van der Waals surface area contributed by atoms with Gasteiger partial charge in [-0.25, -0.2) is 14.4 Å². The van der Waals surface area contributed by atoms with E-state index >= 15 is 0 Å². The van der Waals surface area contributed by atoms with Gasteiger partial charge in [0.05, 0.1) is 29.4 Å². The molecule has 2 aromatic carbocycles. The van der Waals surface area contributed by atoms with Crippen LogP contribution in [-0.2, 0) is 19.1 Å². The molecule has 0 radical (unpaired) electrons. The molecule has 0 spiro atoms. The van der Waals surface area contributed by atoms with E-state index in [9.17, 15) is 14.0 Å². The molecule has 1 aromatic heterocycles. The number of benzene rings is 2. The molecule has 1 atom stereocenters. The number of nitrogens with zero attached hydrogens (tertiary/aromatic N) is 3. The second kappa shape index (κ2) is 15.4. The Bertz CT molecular complexity index is 1580. The average molecular weight is 670 g/mol. The Balaban J connectivity index is 1.12. The van der Waals surface area contributed by atoms with Crippen LogP contribution >= 0.6 is 23.4 Å². The lowest BCUT2D eigenvalue weighted by molar-refractivity contribution is -0.137. The van der Waals surface area contributed by atoms with Crippen molar-refractivity contribution >= 4 is 63.3 Å². The van der Waals surface area contributed by atoms with Crippen molar-refractivity contribution in [2.24, 2.45) is 5.92 Å². The van der Waals surface area contributed by atoms with Gasteiger partial charge in [0.15, 0.2) is 0 Å². The third-order valence-corrected chi connectivity index (χ3v) is 10.3. The van der Waals surface area contributed by atoms with Crippen LogP contribution in [0.1, 0.15) is 32.1 Å². The van der Waals surface area contributed by atoms with E-state index in [0.717, 1.165) is 45.2 Å². The summed E-state index contributed by atoms with van der Waals surface area (Å²) in [6.45, 7) is 4.92. The molecule has 244 valence electrons. The minimum Gasteiger partial charge on any atom is -0.491 e. The minimum absolute atomic E-state index is 0.00850. The zero-order chi connectivity index (χ0) is 31.9. The van der Waals surface area contributed by atoms with Crippen LogP contribution in [0, 0.1) is 11.7 Å². The second-order valence-corrected chi connectivity index (χ2v) is 13.6. The number of halogens is 2. The number of hydrogen-bond donors (Lipinski definition) is 2. The van der Waals surface area contributed by atoms with Gasteiger partial charge in [-0.3, -0.25) is 14.5 Å². The number of anilines is 3. The largest absolute Gasteiger partial charge is 0.491 e.